The Labute approximate surface area is 156 Å². The first kappa shape index (κ1) is 16.7. The summed E-state index contributed by atoms with van der Waals surface area (Å²) in [5.74, 6) is 0.903. The van der Waals surface area contributed by atoms with E-state index in [-0.39, 0.29) is 18.1 Å². The number of nitrogens with zero attached hydrogens (tertiary/aromatic N) is 2. The average molecular weight is 377 g/mol. The van der Waals surface area contributed by atoms with Crippen molar-refractivity contribution in [2.24, 2.45) is 0 Å². The maximum Gasteiger partial charge on any atom is 0.246 e. The highest BCUT2D eigenvalue weighted by Gasteiger charge is 2.49. The lowest BCUT2D eigenvalue weighted by Gasteiger charge is -2.30. The molecule has 2 aliphatic heterocycles. The lowest BCUT2D eigenvalue weighted by molar-refractivity contribution is -0.119. The summed E-state index contributed by atoms with van der Waals surface area (Å²) in [6, 6.07) is 13.1. The maximum absolute atomic E-state index is 13.1. The molecule has 0 aromatic heterocycles. The van der Waals surface area contributed by atoms with Crippen molar-refractivity contribution in [2.45, 2.75) is 25.0 Å². The zero-order valence-corrected chi connectivity index (χ0v) is 15.3. The summed E-state index contributed by atoms with van der Waals surface area (Å²) in [5.41, 5.74) is 1.83. The first-order chi connectivity index (χ1) is 12.1. The highest BCUT2D eigenvalue weighted by atomic mass is 35.5. The number of rotatable bonds is 3. The molecule has 2 fully saturated rings. The fraction of sp³-hybridized carbons (Fsp3) is 0.316. The van der Waals surface area contributed by atoms with E-state index in [0.29, 0.717) is 10.0 Å². The summed E-state index contributed by atoms with van der Waals surface area (Å²) in [4.78, 5) is 17.2. The second kappa shape index (κ2) is 6.52. The fourth-order valence-corrected chi connectivity index (χ4v) is 4.11. The van der Waals surface area contributed by atoms with Gasteiger partial charge in [0.05, 0.1) is 23.2 Å². The molecule has 2 aliphatic rings. The second-order valence-electron chi connectivity index (χ2n) is 6.35. The topological polar surface area (TPSA) is 32.8 Å². The number of benzene rings is 2. The molecule has 1 amide bonds. The molecule has 0 spiro atoms. The quantitative estimate of drug-likeness (QED) is 0.789. The van der Waals surface area contributed by atoms with Crippen LogP contribution in [0.4, 0.5) is 5.69 Å². The minimum Gasteiger partial charge on any atom is -0.497 e. The Balaban J connectivity index is 1.78. The third-order valence-corrected chi connectivity index (χ3v) is 5.71. The number of fused-ring (bicyclic) bond motifs is 1. The van der Waals surface area contributed by atoms with Crippen molar-refractivity contribution in [1.82, 2.24) is 4.90 Å². The van der Waals surface area contributed by atoms with Crippen LogP contribution in [0.3, 0.4) is 0 Å². The molecule has 4 nitrogen and oxygen atoms in total. The van der Waals surface area contributed by atoms with Crippen molar-refractivity contribution in [3.05, 3.63) is 58.1 Å². The molecule has 2 saturated heterocycles. The van der Waals surface area contributed by atoms with E-state index in [9.17, 15) is 4.79 Å². The summed E-state index contributed by atoms with van der Waals surface area (Å²) >= 11 is 12.3. The number of carbonyl (C=O) groups is 1. The summed E-state index contributed by atoms with van der Waals surface area (Å²) in [6.45, 7) is 0.897. The summed E-state index contributed by atoms with van der Waals surface area (Å²) in [6.07, 6.45) is 1.76. The van der Waals surface area contributed by atoms with E-state index >= 15 is 0 Å². The smallest absolute Gasteiger partial charge is 0.246 e. The number of anilines is 1. The van der Waals surface area contributed by atoms with Gasteiger partial charge in [-0.3, -0.25) is 14.6 Å². The Morgan fingerprint density at radius 3 is 2.52 bits per heavy atom. The van der Waals surface area contributed by atoms with Crippen LogP contribution in [0.15, 0.2) is 42.5 Å². The van der Waals surface area contributed by atoms with Gasteiger partial charge >= 0.3 is 0 Å². The highest BCUT2D eigenvalue weighted by molar-refractivity contribution is 6.42. The normalized spacial score (nSPS) is 23.2. The number of ether oxygens (including phenoxy) is 1. The Morgan fingerprint density at radius 1 is 1.08 bits per heavy atom. The van der Waals surface area contributed by atoms with Crippen molar-refractivity contribution in [3.63, 3.8) is 0 Å². The van der Waals surface area contributed by atoms with Gasteiger partial charge in [0.2, 0.25) is 5.91 Å². The molecule has 2 aromatic carbocycles. The van der Waals surface area contributed by atoms with E-state index in [4.69, 9.17) is 27.9 Å². The van der Waals surface area contributed by atoms with E-state index in [1.807, 2.05) is 41.3 Å². The Kier molecular flexibility index (Phi) is 4.36. The van der Waals surface area contributed by atoms with Crippen molar-refractivity contribution in [1.29, 1.82) is 0 Å². The largest absolute Gasteiger partial charge is 0.497 e. The molecular weight excluding hydrogens is 359 g/mol. The van der Waals surface area contributed by atoms with E-state index in [2.05, 4.69) is 4.90 Å². The molecule has 0 unspecified atom stereocenters. The fourth-order valence-electron chi connectivity index (χ4n) is 3.80. The molecule has 0 saturated carbocycles. The third kappa shape index (κ3) is 2.78. The van der Waals surface area contributed by atoms with E-state index in [1.165, 1.54) is 0 Å². The lowest BCUT2D eigenvalue weighted by Crippen LogP contribution is -2.32. The number of halogens is 2. The molecule has 130 valence electrons. The first-order valence-corrected chi connectivity index (χ1v) is 9.03. The van der Waals surface area contributed by atoms with Crippen LogP contribution >= 0.6 is 23.2 Å². The van der Waals surface area contributed by atoms with Crippen molar-refractivity contribution in [3.8, 4) is 5.75 Å². The summed E-state index contributed by atoms with van der Waals surface area (Å²) in [7, 11) is 1.63. The maximum atomic E-state index is 13.1. The van der Waals surface area contributed by atoms with Gasteiger partial charge in [-0.15, -0.1) is 0 Å². The summed E-state index contributed by atoms with van der Waals surface area (Å²) in [5, 5.41) is 1.02. The summed E-state index contributed by atoms with van der Waals surface area (Å²) < 4.78 is 5.23. The molecule has 2 heterocycles. The predicted octanol–water partition coefficient (Wildman–Crippen LogP) is 4.51. The zero-order chi connectivity index (χ0) is 17.6. The lowest BCUT2D eigenvalue weighted by atomic mass is 10.1. The van der Waals surface area contributed by atoms with Gasteiger partial charge in [-0.25, -0.2) is 0 Å². The first-order valence-electron chi connectivity index (χ1n) is 8.28. The van der Waals surface area contributed by atoms with Gasteiger partial charge < -0.3 is 4.74 Å². The number of amides is 1. The SMILES string of the molecule is COc1ccc(N2C(=O)[C@@H]3CCCN3[C@H]2c2ccc(Cl)c(Cl)c2)cc1. The number of hydrogen-bond acceptors (Lipinski definition) is 3. The molecule has 2 aromatic rings. The third-order valence-electron chi connectivity index (χ3n) is 4.97. The molecule has 6 heteroatoms. The standard InChI is InChI=1S/C19H18Cl2N2O2/c1-25-14-7-5-13(6-8-14)23-18(12-4-9-15(20)16(21)11-12)22-10-2-3-17(22)19(23)24/h4-9,11,17-18H,2-3,10H2,1H3/t17-,18+/m0/s1. The van der Waals surface area contributed by atoms with E-state index in [0.717, 1.165) is 36.4 Å². The van der Waals surface area contributed by atoms with Crippen molar-refractivity contribution < 1.29 is 9.53 Å². The molecule has 0 aliphatic carbocycles. The van der Waals surface area contributed by atoms with Gasteiger partial charge in [0.1, 0.15) is 11.9 Å². The molecule has 0 N–H and O–H groups in total. The zero-order valence-electron chi connectivity index (χ0n) is 13.8. The minimum atomic E-state index is -0.164. The van der Waals surface area contributed by atoms with Crippen LogP contribution in [-0.4, -0.2) is 30.5 Å². The number of methoxy groups -OCH3 is 1. The van der Waals surface area contributed by atoms with Gasteiger partial charge in [0.15, 0.2) is 0 Å². The van der Waals surface area contributed by atoms with Crippen molar-refractivity contribution in [2.75, 3.05) is 18.6 Å². The Hall–Kier alpha value is -1.75. The monoisotopic (exact) mass is 376 g/mol. The van der Waals surface area contributed by atoms with Crippen LogP contribution in [0.5, 0.6) is 5.75 Å². The number of hydrogen-bond donors (Lipinski definition) is 0. The van der Waals surface area contributed by atoms with Gasteiger partial charge in [-0.2, -0.15) is 0 Å². The van der Waals surface area contributed by atoms with Crippen LogP contribution in [0.1, 0.15) is 24.6 Å². The van der Waals surface area contributed by atoms with Crippen LogP contribution in [0, 0.1) is 0 Å². The molecule has 0 bridgehead atoms. The van der Waals surface area contributed by atoms with Crippen LogP contribution in [0.2, 0.25) is 10.0 Å². The van der Waals surface area contributed by atoms with Crippen LogP contribution in [-0.2, 0) is 4.79 Å². The Morgan fingerprint density at radius 2 is 1.84 bits per heavy atom. The molecular formula is C19H18Cl2N2O2. The second-order valence-corrected chi connectivity index (χ2v) is 7.16. The van der Waals surface area contributed by atoms with Gasteiger partial charge in [0.25, 0.3) is 0 Å². The van der Waals surface area contributed by atoms with Gasteiger partial charge in [-0.05, 0) is 54.8 Å². The number of carbonyl (C=O) groups excluding carboxylic acids is 1. The molecule has 0 radical (unpaired) electrons. The van der Waals surface area contributed by atoms with Crippen LogP contribution < -0.4 is 9.64 Å². The van der Waals surface area contributed by atoms with Crippen LogP contribution in [0.25, 0.3) is 0 Å². The average Bonchev–Trinajstić information content (AvgIpc) is 3.20. The molecule has 4 rings (SSSR count). The van der Waals surface area contributed by atoms with Gasteiger partial charge in [-0.1, -0.05) is 29.3 Å². The minimum absolute atomic E-state index is 0.0680. The molecule has 2 atom stereocenters. The van der Waals surface area contributed by atoms with Crippen molar-refractivity contribution >= 4 is 34.8 Å². The predicted molar refractivity (Wildman–Crippen MR) is 99.4 cm³/mol. The van der Waals surface area contributed by atoms with E-state index in [1.54, 1.807) is 13.2 Å². The molecule has 25 heavy (non-hydrogen) atoms. The van der Waals surface area contributed by atoms with E-state index < -0.39 is 0 Å². The highest BCUT2D eigenvalue weighted by Crippen LogP contribution is 2.43. The van der Waals surface area contributed by atoms with Gasteiger partial charge in [0, 0.05) is 12.2 Å². The Bertz CT molecular complexity index is 810.